The Balaban J connectivity index is 1.63. The lowest BCUT2D eigenvalue weighted by atomic mass is 9.81. The smallest absolute Gasteiger partial charge is 0.0205 e. The van der Waals surface area contributed by atoms with Gasteiger partial charge in [-0.3, -0.25) is 0 Å². The Labute approximate surface area is 118 Å². The molecule has 2 rings (SSSR count). The van der Waals surface area contributed by atoms with Crippen molar-refractivity contribution in [2.45, 2.75) is 39.0 Å². The Bertz CT molecular complexity index is 382. The van der Waals surface area contributed by atoms with Crippen molar-refractivity contribution in [3.8, 4) is 0 Å². The van der Waals surface area contributed by atoms with Gasteiger partial charge in [0.05, 0.1) is 0 Å². The fraction of sp³-hybridized carbons (Fsp3) is 0.556. The number of hydrogen-bond acceptors (Lipinski definition) is 1. The summed E-state index contributed by atoms with van der Waals surface area (Å²) < 4.78 is 0. The van der Waals surface area contributed by atoms with E-state index in [1.54, 1.807) is 0 Å². The van der Waals surface area contributed by atoms with Crippen molar-refractivity contribution in [2.24, 2.45) is 11.8 Å². The Hall–Kier alpha value is -1.08. The van der Waals surface area contributed by atoms with E-state index >= 15 is 0 Å². The summed E-state index contributed by atoms with van der Waals surface area (Å²) >= 11 is 0. The van der Waals surface area contributed by atoms with E-state index in [0.29, 0.717) is 0 Å². The highest BCUT2D eigenvalue weighted by molar-refractivity contribution is 5.64. The summed E-state index contributed by atoms with van der Waals surface area (Å²) in [5.41, 5.74) is 2.44. The van der Waals surface area contributed by atoms with Crippen LogP contribution < -0.4 is 5.32 Å². The van der Waals surface area contributed by atoms with E-state index in [9.17, 15) is 0 Å². The molecule has 0 saturated heterocycles. The Morgan fingerprint density at radius 1 is 1.26 bits per heavy atom. The molecule has 1 saturated carbocycles. The molecule has 104 valence electrons. The zero-order valence-electron chi connectivity index (χ0n) is 12.2. The van der Waals surface area contributed by atoms with Crippen molar-refractivity contribution in [3.05, 3.63) is 42.5 Å². The molecule has 1 fully saturated rings. The quantitative estimate of drug-likeness (QED) is 0.740. The van der Waals surface area contributed by atoms with Crippen molar-refractivity contribution in [3.63, 3.8) is 0 Å². The molecule has 1 aromatic carbocycles. The molecule has 0 amide bonds. The molecule has 1 nitrogen and oxygen atoms in total. The Morgan fingerprint density at radius 3 is 2.79 bits per heavy atom. The molecule has 0 bridgehead atoms. The van der Waals surface area contributed by atoms with Crippen LogP contribution in [0.4, 0.5) is 0 Å². The molecular weight excluding hydrogens is 230 g/mol. The highest BCUT2D eigenvalue weighted by Gasteiger charge is 2.18. The van der Waals surface area contributed by atoms with Gasteiger partial charge in [-0.25, -0.2) is 0 Å². The van der Waals surface area contributed by atoms with E-state index in [0.717, 1.165) is 24.9 Å². The van der Waals surface area contributed by atoms with Gasteiger partial charge in [0.25, 0.3) is 0 Å². The minimum atomic E-state index is 0.909. The van der Waals surface area contributed by atoms with Crippen LogP contribution in [0.15, 0.2) is 36.9 Å². The molecule has 0 heterocycles. The van der Waals surface area contributed by atoms with Crippen LogP contribution in [0.1, 0.15) is 44.6 Å². The van der Waals surface area contributed by atoms with Crippen LogP contribution in [0.2, 0.25) is 0 Å². The minimum Gasteiger partial charge on any atom is -0.313 e. The maximum absolute atomic E-state index is 4.16. The molecule has 0 aromatic heterocycles. The van der Waals surface area contributed by atoms with E-state index in [1.165, 1.54) is 43.2 Å². The highest BCUT2D eigenvalue weighted by Crippen LogP contribution is 2.30. The maximum atomic E-state index is 4.16. The summed E-state index contributed by atoms with van der Waals surface area (Å²) in [5.74, 6) is 1.89. The first-order valence-corrected chi connectivity index (χ1v) is 7.69. The van der Waals surface area contributed by atoms with Crippen LogP contribution in [0.25, 0.3) is 5.57 Å². The second-order valence-electron chi connectivity index (χ2n) is 6.07. The first-order chi connectivity index (χ1) is 9.25. The second-order valence-corrected chi connectivity index (χ2v) is 6.07. The number of rotatable bonds is 6. The molecule has 2 atom stereocenters. The van der Waals surface area contributed by atoms with Crippen LogP contribution >= 0.6 is 0 Å². The first kappa shape index (κ1) is 14.3. The van der Waals surface area contributed by atoms with E-state index in [4.69, 9.17) is 0 Å². The fourth-order valence-corrected chi connectivity index (χ4v) is 3.14. The average molecular weight is 257 g/mol. The van der Waals surface area contributed by atoms with Gasteiger partial charge in [0, 0.05) is 6.54 Å². The number of hydrogen-bond donors (Lipinski definition) is 1. The predicted octanol–water partition coefficient (Wildman–Crippen LogP) is 4.51. The predicted molar refractivity (Wildman–Crippen MR) is 84.1 cm³/mol. The molecule has 1 aliphatic rings. The van der Waals surface area contributed by atoms with Gasteiger partial charge in [0.1, 0.15) is 0 Å². The lowest BCUT2D eigenvalue weighted by molar-refractivity contribution is 0.268. The van der Waals surface area contributed by atoms with Gasteiger partial charge >= 0.3 is 0 Å². The van der Waals surface area contributed by atoms with Crippen LogP contribution in [0.3, 0.4) is 0 Å². The normalized spacial score (nSPS) is 23.2. The second kappa shape index (κ2) is 7.49. The Morgan fingerprint density at radius 2 is 2.05 bits per heavy atom. The number of nitrogens with one attached hydrogen (secondary N) is 1. The molecule has 1 N–H and O–H groups in total. The fourth-order valence-electron chi connectivity index (χ4n) is 3.14. The van der Waals surface area contributed by atoms with Crippen molar-refractivity contribution in [1.29, 1.82) is 0 Å². The van der Waals surface area contributed by atoms with E-state index in [-0.39, 0.29) is 0 Å². The zero-order valence-corrected chi connectivity index (χ0v) is 12.2. The molecule has 0 radical (unpaired) electrons. The van der Waals surface area contributed by atoms with Crippen LogP contribution in [0, 0.1) is 11.8 Å². The molecule has 1 aromatic rings. The van der Waals surface area contributed by atoms with E-state index in [1.807, 2.05) is 0 Å². The maximum Gasteiger partial charge on any atom is 0.0205 e. The van der Waals surface area contributed by atoms with Crippen molar-refractivity contribution in [1.82, 2.24) is 5.32 Å². The topological polar surface area (TPSA) is 12.0 Å². The lowest BCUT2D eigenvalue weighted by Gasteiger charge is -2.26. The molecular formula is C18H27N. The zero-order chi connectivity index (χ0) is 13.5. The summed E-state index contributed by atoms with van der Waals surface area (Å²) in [6.45, 7) is 8.60. The molecule has 1 aliphatic carbocycles. The summed E-state index contributed by atoms with van der Waals surface area (Å²) in [5, 5.41) is 3.55. The van der Waals surface area contributed by atoms with Gasteiger partial charge in [-0.1, -0.05) is 63.1 Å². The number of benzene rings is 1. The Kier molecular flexibility index (Phi) is 5.65. The van der Waals surface area contributed by atoms with Crippen molar-refractivity contribution in [2.75, 3.05) is 13.1 Å². The van der Waals surface area contributed by atoms with Gasteiger partial charge < -0.3 is 5.32 Å². The third-order valence-electron chi connectivity index (χ3n) is 4.29. The largest absolute Gasteiger partial charge is 0.313 e. The van der Waals surface area contributed by atoms with Gasteiger partial charge in [-0.05, 0) is 42.4 Å². The summed E-state index contributed by atoms with van der Waals surface area (Å²) in [6.07, 6.45) is 7.07. The van der Waals surface area contributed by atoms with Crippen molar-refractivity contribution < 1.29 is 0 Å². The van der Waals surface area contributed by atoms with Crippen LogP contribution in [0.5, 0.6) is 0 Å². The summed E-state index contributed by atoms with van der Waals surface area (Å²) in [7, 11) is 0. The van der Waals surface area contributed by atoms with Crippen LogP contribution in [-0.2, 0) is 0 Å². The third kappa shape index (κ3) is 4.83. The minimum absolute atomic E-state index is 0.909. The molecule has 1 heteroatoms. The van der Waals surface area contributed by atoms with Gasteiger partial charge in [0.2, 0.25) is 0 Å². The summed E-state index contributed by atoms with van der Waals surface area (Å²) in [6, 6.07) is 10.5. The monoisotopic (exact) mass is 257 g/mol. The van der Waals surface area contributed by atoms with Crippen LogP contribution in [-0.4, -0.2) is 13.1 Å². The van der Waals surface area contributed by atoms with Crippen molar-refractivity contribution >= 4 is 5.57 Å². The van der Waals surface area contributed by atoms with E-state index < -0.39 is 0 Å². The summed E-state index contributed by atoms with van der Waals surface area (Å²) in [4.78, 5) is 0. The first-order valence-electron chi connectivity index (χ1n) is 7.69. The van der Waals surface area contributed by atoms with Gasteiger partial charge in [0.15, 0.2) is 0 Å². The van der Waals surface area contributed by atoms with E-state index in [2.05, 4.69) is 49.2 Å². The van der Waals surface area contributed by atoms with Gasteiger partial charge in [-0.2, -0.15) is 0 Å². The molecule has 0 aliphatic heterocycles. The SMILES string of the molecule is C=C(CNCCC1CCCC(C)C1)c1ccccc1. The van der Waals surface area contributed by atoms with Gasteiger partial charge in [-0.15, -0.1) is 0 Å². The highest BCUT2D eigenvalue weighted by atomic mass is 14.8. The molecule has 0 spiro atoms. The molecule has 2 unspecified atom stereocenters. The average Bonchev–Trinajstić information content (AvgIpc) is 2.44. The molecule has 19 heavy (non-hydrogen) atoms. The third-order valence-corrected chi connectivity index (χ3v) is 4.29. The standard InChI is InChI=1S/C18H27N/c1-15-7-6-8-17(13-15)11-12-19-14-16(2)18-9-4-3-5-10-18/h3-5,9-10,15,17,19H,2,6-8,11-14H2,1H3. The lowest BCUT2D eigenvalue weighted by Crippen LogP contribution is -2.22.